The van der Waals surface area contributed by atoms with E-state index in [9.17, 15) is 4.79 Å². The molecule has 0 spiro atoms. The van der Waals surface area contributed by atoms with Crippen molar-refractivity contribution < 1.29 is 9.53 Å². The topological polar surface area (TPSA) is 69.0 Å². The monoisotopic (exact) mass is 250 g/mol. The molecule has 88 valence electrons. The first-order valence-electron chi connectivity index (χ1n) is 5.24. The molecule has 17 heavy (non-hydrogen) atoms. The van der Waals surface area contributed by atoms with Crippen molar-refractivity contribution in [2.24, 2.45) is 0 Å². The SMILES string of the molecule is O=C(Nc1nccs1)c1cnn2c1OCCC2. The highest BCUT2D eigenvalue weighted by atomic mass is 32.1. The molecular weight excluding hydrogens is 240 g/mol. The van der Waals surface area contributed by atoms with Gasteiger partial charge in [-0.05, 0) is 0 Å². The van der Waals surface area contributed by atoms with Crippen LogP contribution in [-0.2, 0) is 6.54 Å². The summed E-state index contributed by atoms with van der Waals surface area (Å²) < 4.78 is 7.17. The quantitative estimate of drug-likeness (QED) is 0.874. The second-order valence-corrected chi connectivity index (χ2v) is 4.47. The number of carbonyl (C=O) groups is 1. The molecule has 2 aromatic rings. The van der Waals surface area contributed by atoms with Crippen LogP contribution in [0.4, 0.5) is 5.13 Å². The Bertz CT molecular complexity index is 535. The molecule has 2 aromatic heterocycles. The molecule has 0 saturated carbocycles. The number of anilines is 1. The summed E-state index contributed by atoms with van der Waals surface area (Å²) in [6.07, 6.45) is 4.09. The van der Waals surface area contributed by atoms with Crippen LogP contribution < -0.4 is 10.1 Å². The maximum atomic E-state index is 12.0. The molecule has 0 fully saturated rings. The zero-order valence-electron chi connectivity index (χ0n) is 8.92. The van der Waals surface area contributed by atoms with E-state index in [1.165, 1.54) is 17.5 Å². The number of nitrogens with zero attached hydrogens (tertiary/aromatic N) is 3. The Labute approximate surface area is 101 Å². The van der Waals surface area contributed by atoms with Gasteiger partial charge in [-0.1, -0.05) is 0 Å². The van der Waals surface area contributed by atoms with Crippen LogP contribution in [0.2, 0.25) is 0 Å². The van der Waals surface area contributed by atoms with Gasteiger partial charge in [0, 0.05) is 24.5 Å². The molecule has 0 unspecified atom stereocenters. The second kappa shape index (κ2) is 4.17. The Morgan fingerprint density at radius 2 is 2.53 bits per heavy atom. The highest BCUT2D eigenvalue weighted by Crippen LogP contribution is 2.23. The van der Waals surface area contributed by atoms with Crippen molar-refractivity contribution in [1.29, 1.82) is 0 Å². The first-order valence-corrected chi connectivity index (χ1v) is 6.12. The largest absolute Gasteiger partial charge is 0.477 e. The molecule has 3 heterocycles. The lowest BCUT2D eigenvalue weighted by Gasteiger charge is -2.15. The number of thiazole rings is 1. The summed E-state index contributed by atoms with van der Waals surface area (Å²) in [7, 11) is 0. The summed E-state index contributed by atoms with van der Waals surface area (Å²) in [4.78, 5) is 16.0. The minimum atomic E-state index is -0.233. The number of fused-ring (bicyclic) bond motifs is 1. The lowest BCUT2D eigenvalue weighted by molar-refractivity contribution is 0.102. The van der Waals surface area contributed by atoms with E-state index in [2.05, 4.69) is 15.4 Å². The van der Waals surface area contributed by atoms with E-state index >= 15 is 0 Å². The van der Waals surface area contributed by atoms with Crippen LogP contribution in [0, 0.1) is 0 Å². The fourth-order valence-electron chi connectivity index (χ4n) is 1.67. The minimum absolute atomic E-state index is 0.233. The third kappa shape index (κ3) is 1.89. The Morgan fingerprint density at radius 1 is 1.59 bits per heavy atom. The van der Waals surface area contributed by atoms with Gasteiger partial charge in [0.05, 0.1) is 12.8 Å². The zero-order chi connectivity index (χ0) is 11.7. The van der Waals surface area contributed by atoms with Gasteiger partial charge in [-0.3, -0.25) is 10.1 Å². The van der Waals surface area contributed by atoms with Gasteiger partial charge in [0.15, 0.2) is 5.13 Å². The molecule has 1 amide bonds. The van der Waals surface area contributed by atoms with E-state index in [0.29, 0.717) is 23.2 Å². The summed E-state index contributed by atoms with van der Waals surface area (Å²) in [5, 5.41) is 9.21. The van der Waals surface area contributed by atoms with Gasteiger partial charge in [-0.2, -0.15) is 5.10 Å². The molecule has 1 aliphatic heterocycles. The second-order valence-electron chi connectivity index (χ2n) is 3.58. The van der Waals surface area contributed by atoms with Crippen molar-refractivity contribution >= 4 is 22.4 Å². The Hall–Kier alpha value is -1.89. The van der Waals surface area contributed by atoms with Crippen molar-refractivity contribution in [2.75, 3.05) is 11.9 Å². The smallest absolute Gasteiger partial charge is 0.264 e. The predicted molar refractivity (Wildman–Crippen MR) is 62.4 cm³/mol. The molecule has 1 N–H and O–H groups in total. The van der Waals surface area contributed by atoms with Gasteiger partial charge < -0.3 is 4.74 Å². The number of aryl methyl sites for hydroxylation is 1. The maximum absolute atomic E-state index is 12.0. The molecule has 6 nitrogen and oxygen atoms in total. The Kier molecular flexibility index (Phi) is 2.52. The van der Waals surface area contributed by atoms with Gasteiger partial charge >= 0.3 is 0 Å². The van der Waals surface area contributed by atoms with Crippen LogP contribution in [0.15, 0.2) is 17.8 Å². The molecular formula is C10H10N4O2S. The van der Waals surface area contributed by atoms with Crippen LogP contribution in [0.25, 0.3) is 0 Å². The van der Waals surface area contributed by atoms with Crippen molar-refractivity contribution in [3.63, 3.8) is 0 Å². The van der Waals surface area contributed by atoms with Crippen LogP contribution in [0.1, 0.15) is 16.8 Å². The standard InChI is InChI=1S/C10H10N4O2S/c15-8(13-10-11-2-5-17-10)7-6-12-14-3-1-4-16-9(7)14/h2,5-6H,1,3-4H2,(H,11,13,15). The van der Waals surface area contributed by atoms with E-state index in [1.807, 2.05) is 0 Å². The molecule has 3 rings (SSSR count). The Morgan fingerprint density at radius 3 is 3.35 bits per heavy atom. The van der Waals surface area contributed by atoms with Crippen LogP contribution in [0.5, 0.6) is 5.88 Å². The molecule has 0 bridgehead atoms. The molecule has 0 saturated heterocycles. The lowest BCUT2D eigenvalue weighted by Crippen LogP contribution is -2.18. The number of hydrogen-bond donors (Lipinski definition) is 1. The molecule has 0 radical (unpaired) electrons. The van der Waals surface area contributed by atoms with Crippen molar-refractivity contribution in [3.8, 4) is 5.88 Å². The Balaban J connectivity index is 1.84. The van der Waals surface area contributed by atoms with Crippen molar-refractivity contribution in [1.82, 2.24) is 14.8 Å². The zero-order valence-corrected chi connectivity index (χ0v) is 9.74. The van der Waals surface area contributed by atoms with Gasteiger partial charge in [-0.25, -0.2) is 9.67 Å². The fraction of sp³-hybridized carbons (Fsp3) is 0.300. The van der Waals surface area contributed by atoms with Crippen molar-refractivity contribution in [3.05, 3.63) is 23.3 Å². The summed E-state index contributed by atoms with van der Waals surface area (Å²) in [5.74, 6) is 0.313. The van der Waals surface area contributed by atoms with E-state index in [0.717, 1.165) is 13.0 Å². The average molecular weight is 250 g/mol. The summed E-state index contributed by atoms with van der Waals surface area (Å²) >= 11 is 1.37. The maximum Gasteiger partial charge on any atom is 0.264 e. The first kappa shape index (κ1) is 10.3. The van der Waals surface area contributed by atoms with Gasteiger partial charge in [0.25, 0.3) is 5.91 Å². The highest BCUT2D eigenvalue weighted by molar-refractivity contribution is 7.13. The van der Waals surface area contributed by atoms with E-state index in [4.69, 9.17) is 4.74 Å². The number of amides is 1. The number of ether oxygens (including phenoxy) is 1. The number of hydrogen-bond acceptors (Lipinski definition) is 5. The summed E-state index contributed by atoms with van der Waals surface area (Å²) in [6.45, 7) is 1.42. The third-order valence-corrected chi connectivity index (χ3v) is 3.13. The number of rotatable bonds is 2. The van der Waals surface area contributed by atoms with E-state index in [1.54, 1.807) is 16.3 Å². The van der Waals surface area contributed by atoms with Gasteiger partial charge in [0.1, 0.15) is 5.56 Å². The van der Waals surface area contributed by atoms with Crippen molar-refractivity contribution in [2.45, 2.75) is 13.0 Å². The number of carbonyl (C=O) groups excluding carboxylic acids is 1. The third-order valence-electron chi connectivity index (χ3n) is 2.44. The van der Waals surface area contributed by atoms with Crippen LogP contribution in [0.3, 0.4) is 0 Å². The van der Waals surface area contributed by atoms with Gasteiger partial charge in [-0.15, -0.1) is 11.3 Å². The summed E-state index contributed by atoms with van der Waals surface area (Å²) in [5.41, 5.74) is 0.458. The molecule has 7 heteroatoms. The lowest BCUT2D eigenvalue weighted by atomic mass is 10.3. The molecule has 0 atom stereocenters. The molecule has 0 aromatic carbocycles. The molecule has 0 aliphatic carbocycles. The van der Waals surface area contributed by atoms with Crippen LogP contribution in [-0.4, -0.2) is 27.3 Å². The molecule has 1 aliphatic rings. The van der Waals surface area contributed by atoms with Gasteiger partial charge in [0.2, 0.25) is 5.88 Å². The van der Waals surface area contributed by atoms with Crippen LogP contribution >= 0.6 is 11.3 Å². The summed E-state index contributed by atoms with van der Waals surface area (Å²) in [6, 6.07) is 0. The van der Waals surface area contributed by atoms with E-state index in [-0.39, 0.29) is 5.91 Å². The average Bonchev–Trinajstić information content (AvgIpc) is 2.96. The number of aromatic nitrogens is 3. The predicted octanol–water partition coefficient (Wildman–Crippen LogP) is 1.37. The minimum Gasteiger partial charge on any atom is -0.477 e. The highest BCUT2D eigenvalue weighted by Gasteiger charge is 2.21. The normalized spacial score (nSPS) is 13.9. The van der Waals surface area contributed by atoms with E-state index < -0.39 is 0 Å². The fourth-order valence-corrected chi connectivity index (χ4v) is 2.20. The number of nitrogens with one attached hydrogen (secondary N) is 1. The first-order chi connectivity index (χ1) is 8.34.